The van der Waals surface area contributed by atoms with E-state index in [4.69, 9.17) is 6.57 Å². The van der Waals surface area contributed by atoms with Gasteiger partial charge in [-0.15, -0.1) is 0 Å². The third-order valence-electron chi connectivity index (χ3n) is 6.10. The molecule has 0 spiro atoms. The molecule has 0 aliphatic heterocycles. The van der Waals surface area contributed by atoms with Crippen molar-refractivity contribution in [2.24, 2.45) is 7.05 Å². The van der Waals surface area contributed by atoms with Crippen LogP contribution >= 0.6 is 0 Å². The van der Waals surface area contributed by atoms with Crippen LogP contribution in [0.3, 0.4) is 0 Å². The van der Waals surface area contributed by atoms with E-state index in [0.717, 1.165) is 10.9 Å². The van der Waals surface area contributed by atoms with Gasteiger partial charge in [-0.25, -0.2) is 9.41 Å². The molecule has 3 aromatic heterocycles. The van der Waals surface area contributed by atoms with Crippen LogP contribution in [0.2, 0.25) is 0 Å². The van der Waals surface area contributed by atoms with Gasteiger partial charge in [0, 0.05) is 16.8 Å². The zero-order valence-electron chi connectivity index (χ0n) is 16.0. The third-order valence-corrected chi connectivity index (χ3v) is 6.10. The summed E-state index contributed by atoms with van der Waals surface area (Å²) < 4.78 is 4.59. The lowest BCUT2D eigenvalue weighted by Gasteiger charge is -2.13. The normalized spacial score (nSPS) is 12.1. The Bertz CT molecular complexity index is 1640. The van der Waals surface area contributed by atoms with Crippen LogP contribution in [0, 0.1) is 20.4 Å². The molecular weight excluding hydrogens is 342 g/mol. The molecule has 3 aromatic carbocycles. The van der Waals surface area contributed by atoms with E-state index in [0.29, 0.717) is 5.69 Å². The molecule has 0 saturated carbocycles. The highest BCUT2D eigenvalue weighted by atomic mass is 15.0. The molecule has 0 fully saturated rings. The fraction of sp³-hybridized carbons (Fsp3) is 0.120. The molecule has 6 rings (SSSR count). The Kier molecular flexibility index (Phi) is 2.75. The SMILES string of the molecule is [C-]#[N+]c1cc2cc[n+](C)c3c4c(C)ccc5c6cc(C)ccc6n(c(c1)c23)c54. The van der Waals surface area contributed by atoms with Gasteiger partial charge in [-0.05, 0) is 49.1 Å². The number of aryl methyl sites for hydroxylation is 3. The molecule has 0 N–H and O–H groups in total. The average molecular weight is 360 g/mol. The first-order valence-electron chi connectivity index (χ1n) is 9.47. The third kappa shape index (κ3) is 1.70. The molecule has 3 nitrogen and oxygen atoms in total. The summed E-state index contributed by atoms with van der Waals surface area (Å²) in [6, 6.07) is 17.3. The first-order chi connectivity index (χ1) is 13.6. The summed E-state index contributed by atoms with van der Waals surface area (Å²) in [6.07, 6.45) is 2.11. The van der Waals surface area contributed by atoms with Crippen molar-refractivity contribution in [1.29, 1.82) is 0 Å². The maximum atomic E-state index is 7.59. The number of nitrogens with zero attached hydrogens (tertiary/aromatic N) is 3. The smallest absolute Gasteiger partial charge is 0.224 e. The molecule has 3 heterocycles. The number of benzene rings is 3. The molecule has 0 bridgehead atoms. The highest BCUT2D eigenvalue weighted by Gasteiger charge is 2.23. The highest BCUT2D eigenvalue weighted by Crippen LogP contribution is 2.41. The van der Waals surface area contributed by atoms with Gasteiger partial charge in [-0.3, -0.25) is 0 Å². The molecule has 0 unspecified atom stereocenters. The van der Waals surface area contributed by atoms with Crippen molar-refractivity contribution in [2.45, 2.75) is 13.8 Å². The van der Waals surface area contributed by atoms with E-state index >= 15 is 0 Å². The molecular formula is C25H18N3+. The van der Waals surface area contributed by atoms with E-state index in [1.54, 1.807) is 0 Å². The van der Waals surface area contributed by atoms with Crippen LogP contribution < -0.4 is 4.57 Å². The first-order valence-corrected chi connectivity index (χ1v) is 9.47. The summed E-state index contributed by atoms with van der Waals surface area (Å²) >= 11 is 0. The van der Waals surface area contributed by atoms with Crippen LogP contribution in [0.4, 0.5) is 5.69 Å². The van der Waals surface area contributed by atoms with Crippen molar-refractivity contribution in [1.82, 2.24) is 4.40 Å². The van der Waals surface area contributed by atoms with Crippen LogP contribution in [0.5, 0.6) is 0 Å². The number of hydrogen-bond acceptors (Lipinski definition) is 0. The molecule has 0 radical (unpaired) electrons. The van der Waals surface area contributed by atoms with Crippen molar-refractivity contribution in [2.75, 3.05) is 0 Å². The maximum absolute atomic E-state index is 7.59. The largest absolute Gasteiger partial charge is 0.309 e. The van der Waals surface area contributed by atoms with Crippen LogP contribution in [-0.4, -0.2) is 4.40 Å². The van der Waals surface area contributed by atoms with Crippen molar-refractivity contribution >= 4 is 54.7 Å². The second kappa shape index (κ2) is 4.99. The number of aromatic nitrogens is 2. The van der Waals surface area contributed by atoms with E-state index in [1.165, 1.54) is 49.2 Å². The lowest BCUT2D eigenvalue weighted by atomic mass is 9.99. The minimum Gasteiger partial charge on any atom is -0.309 e. The Morgan fingerprint density at radius 2 is 1.75 bits per heavy atom. The Labute approximate surface area is 162 Å². The van der Waals surface area contributed by atoms with Crippen LogP contribution in [-0.2, 0) is 7.05 Å². The minimum atomic E-state index is 0.681. The summed E-state index contributed by atoms with van der Waals surface area (Å²) in [5.74, 6) is 0. The Morgan fingerprint density at radius 1 is 0.893 bits per heavy atom. The lowest BCUT2D eigenvalue weighted by molar-refractivity contribution is -0.643. The van der Waals surface area contributed by atoms with Crippen LogP contribution in [0.25, 0.3) is 53.8 Å². The summed E-state index contributed by atoms with van der Waals surface area (Å²) in [5.41, 5.74) is 8.01. The zero-order valence-corrected chi connectivity index (χ0v) is 16.0. The topological polar surface area (TPSA) is 12.7 Å². The Balaban J connectivity index is 2.13. The minimum absolute atomic E-state index is 0.681. The van der Waals surface area contributed by atoms with Crippen LogP contribution in [0.15, 0.2) is 54.7 Å². The van der Waals surface area contributed by atoms with E-state index < -0.39 is 0 Å². The second-order valence-corrected chi connectivity index (χ2v) is 7.83. The van der Waals surface area contributed by atoms with Gasteiger partial charge in [0.25, 0.3) is 0 Å². The molecule has 0 aliphatic carbocycles. The number of hydrogen-bond donors (Lipinski definition) is 0. The van der Waals surface area contributed by atoms with E-state index in [2.05, 4.69) is 77.3 Å². The van der Waals surface area contributed by atoms with Crippen molar-refractivity contribution in [3.05, 3.63) is 77.3 Å². The number of rotatable bonds is 0. The Morgan fingerprint density at radius 3 is 2.57 bits per heavy atom. The number of pyridine rings is 2. The summed E-state index contributed by atoms with van der Waals surface area (Å²) in [7, 11) is 2.11. The molecule has 0 amide bonds. The molecule has 0 atom stereocenters. The van der Waals surface area contributed by atoms with Crippen LogP contribution in [0.1, 0.15) is 11.1 Å². The van der Waals surface area contributed by atoms with Gasteiger partial charge in [-0.2, -0.15) is 0 Å². The fourth-order valence-electron chi connectivity index (χ4n) is 4.88. The molecule has 6 aromatic rings. The zero-order chi connectivity index (χ0) is 19.2. The molecule has 132 valence electrons. The molecule has 0 aliphatic rings. The van der Waals surface area contributed by atoms with Gasteiger partial charge in [0.05, 0.1) is 33.9 Å². The fourth-order valence-corrected chi connectivity index (χ4v) is 4.88. The summed E-state index contributed by atoms with van der Waals surface area (Å²) in [5, 5.41) is 6.18. The summed E-state index contributed by atoms with van der Waals surface area (Å²) in [4.78, 5) is 3.75. The quantitative estimate of drug-likeness (QED) is 0.137. The average Bonchev–Trinajstić information content (AvgIpc) is 3.02. The van der Waals surface area contributed by atoms with Gasteiger partial charge in [-0.1, -0.05) is 23.8 Å². The van der Waals surface area contributed by atoms with Gasteiger partial charge in [0.15, 0.2) is 11.9 Å². The van der Waals surface area contributed by atoms with E-state index in [1.807, 2.05) is 12.1 Å². The molecule has 3 heteroatoms. The second-order valence-electron chi connectivity index (χ2n) is 7.83. The van der Waals surface area contributed by atoms with Gasteiger partial charge in [0.2, 0.25) is 5.52 Å². The number of fused-ring (bicyclic) bond motifs is 5. The van der Waals surface area contributed by atoms with E-state index in [-0.39, 0.29) is 0 Å². The van der Waals surface area contributed by atoms with Gasteiger partial charge in [0.1, 0.15) is 7.05 Å². The summed E-state index contributed by atoms with van der Waals surface area (Å²) in [6.45, 7) is 11.9. The Hall–Kier alpha value is -3.64. The highest BCUT2D eigenvalue weighted by molar-refractivity contribution is 6.26. The predicted molar refractivity (Wildman–Crippen MR) is 116 cm³/mol. The van der Waals surface area contributed by atoms with Crippen molar-refractivity contribution in [3.8, 4) is 0 Å². The van der Waals surface area contributed by atoms with Gasteiger partial charge < -0.3 is 4.40 Å². The molecule has 0 saturated heterocycles. The maximum Gasteiger partial charge on any atom is 0.224 e. The molecule has 28 heavy (non-hydrogen) atoms. The predicted octanol–water partition coefficient (Wildman–Crippen LogP) is 5.98. The lowest BCUT2D eigenvalue weighted by Crippen LogP contribution is -2.28. The monoisotopic (exact) mass is 360 g/mol. The standard InChI is InChI=1S/C25H18N3/c1-14-5-8-20-19(11-14)18-7-6-15(2)22-24(18)28(20)21-13-17(26-3)12-16-9-10-27(4)25(22)23(16)21/h5-13H,1-2,4H3/q+1. The van der Waals surface area contributed by atoms with Crippen molar-refractivity contribution in [3.63, 3.8) is 0 Å². The first kappa shape index (κ1) is 15.4. The van der Waals surface area contributed by atoms with Crippen molar-refractivity contribution < 1.29 is 4.57 Å². The van der Waals surface area contributed by atoms with Gasteiger partial charge >= 0.3 is 0 Å². The van der Waals surface area contributed by atoms with E-state index in [9.17, 15) is 0 Å².